The van der Waals surface area contributed by atoms with Crippen LogP contribution in [0.5, 0.6) is 0 Å². The first-order chi connectivity index (χ1) is 9.74. The predicted molar refractivity (Wildman–Crippen MR) is 79.8 cm³/mol. The van der Waals surface area contributed by atoms with E-state index in [1.165, 1.54) is 18.2 Å². The minimum absolute atomic E-state index is 0.0680. The SMILES string of the molecule is CCNC(=O)c1ccc([N+](=O)[O-])c(SCCS(N)(=O)=O)c1. The zero-order valence-corrected chi connectivity index (χ0v) is 12.9. The average molecular weight is 333 g/mol. The number of nitrogens with two attached hydrogens (primary N) is 1. The van der Waals surface area contributed by atoms with Crippen molar-refractivity contribution in [1.29, 1.82) is 0 Å². The van der Waals surface area contributed by atoms with Gasteiger partial charge in [-0.1, -0.05) is 0 Å². The zero-order chi connectivity index (χ0) is 16.0. The second-order valence-electron chi connectivity index (χ2n) is 4.01. The summed E-state index contributed by atoms with van der Waals surface area (Å²) in [6, 6.07) is 3.95. The van der Waals surface area contributed by atoms with Gasteiger partial charge in [0.1, 0.15) is 0 Å². The first kappa shape index (κ1) is 17.4. The lowest BCUT2D eigenvalue weighted by atomic mass is 10.2. The van der Waals surface area contributed by atoms with E-state index in [0.717, 1.165) is 11.8 Å². The second-order valence-corrected chi connectivity index (χ2v) is 6.89. The molecule has 1 rings (SSSR count). The van der Waals surface area contributed by atoms with Gasteiger partial charge < -0.3 is 5.32 Å². The van der Waals surface area contributed by atoms with Crippen molar-refractivity contribution in [2.75, 3.05) is 18.1 Å². The summed E-state index contributed by atoms with van der Waals surface area (Å²) in [7, 11) is -3.63. The number of hydrogen-bond acceptors (Lipinski definition) is 6. The summed E-state index contributed by atoms with van der Waals surface area (Å²) in [5, 5.41) is 18.4. The van der Waals surface area contributed by atoms with E-state index in [9.17, 15) is 23.3 Å². The Balaban J connectivity index is 2.99. The summed E-state index contributed by atoms with van der Waals surface area (Å²) >= 11 is 0.971. The van der Waals surface area contributed by atoms with Crippen LogP contribution in [0.2, 0.25) is 0 Å². The molecule has 0 saturated heterocycles. The molecular formula is C11H15N3O5S2. The van der Waals surface area contributed by atoms with Gasteiger partial charge in [0.05, 0.1) is 15.6 Å². The number of carbonyl (C=O) groups excluding carboxylic acids is 1. The largest absolute Gasteiger partial charge is 0.352 e. The lowest BCUT2D eigenvalue weighted by Crippen LogP contribution is -2.22. The molecule has 0 fully saturated rings. The second kappa shape index (κ2) is 7.38. The Morgan fingerprint density at radius 3 is 2.67 bits per heavy atom. The summed E-state index contributed by atoms with van der Waals surface area (Å²) in [6.07, 6.45) is 0. The van der Waals surface area contributed by atoms with Crippen LogP contribution in [-0.2, 0) is 10.0 Å². The molecule has 0 aliphatic carbocycles. The summed E-state index contributed by atoms with van der Waals surface area (Å²) in [4.78, 5) is 22.3. The van der Waals surface area contributed by atoms with E-state index in [1.807, 2.05) is 0 Å². The molecule has 10 heteroatoms. The summed E-state index contributed by atoms with van der Waals surface area (Å²) < 4.78 is 21.7. The molecule has 0 spiro atoms. The van der Waals surface area contributed by atoms with Crippen LogP contribution in [0, 0.1) is 10.1 Å². The number of carbonyl (C=O) groups is 1. The van der Waals surface area contributed by atoms with Crippen molar-refractivity contribution in [3.8, 4) is 0 Å². The molecule has 0 radical (unpaired) electrons. The van der Waals surface area contributed by atoms with Gasteiger partial charge in [-0.3, -0.25) is 14.9 Å². The fraction of sp³-hybridized carbons (Fsp3) is 0.364. The maximum Gasteiger partial charge on any atom is 0.282 e. The van der Waals surface area contributed by atoms with Crippen molar-refractivity contribution >= 4 is 33.4 Å². The van der Waals surface area contributed by atoms with E-state index in [2.05, 4.69) is 5.32 Å². The Morgan fingerprint density at radius 1 is 1.48 bits per heavy atom. The first-order valence-electron chi connectivity index (χ1n) is 5.94. The molecule has 1 aromatic carbocycles. The highest BCUT2D eigenvalue weighted by Gasteiger charge is 2.17. The van der Waals surface area contributed by atoms with Crippen LogP contribution in [0.1, 0.15) is 17.3 Å². The molecule has 1 aromatic rings. The number of sulfonamides is 1. The number of benzene rings is 1. The van der Waals surface area contributed by atoms with Gasteiger partial charge >= 0.3 is 0 Å². The van der Waals surface area contributed by atoms with Crippen molar-refractivity contribution in [2.24, 2.45) is 5.14 Å². The smallest absolute Gasteiger partial charge is 0.282 e. The molecule has 0 bridgehead atoms. The Kier molecular flexibility index (Phi) is 6.12. The number of amides is 1. The van der Waals surface area contributed by atoms with Gasteiger partial charge in [-0.05, 0) is 19.1 Å². The van der Waals surface area contributed by atoms with E-state index >= 15 is 0 Å². The highest BCUT2D eigenvalue weighted by Crippen LogP contribution is 2.30. The lowest BCUT2D eigenvalue weighted by Gasteiger charge is -2.06. The van der Waals surface area contributed by atoms with Gasteiger partial charge in [0, 0.05) is 23.9 Å². The van der Waals surface area contributed by atoms with Crippen molar-refractivity contribution in [3.05, 3.63) is 33.9 Å². The van der Waals surface area contributed by atoms with Crippen molar-refractivity contribution in [3.63, 3.8) is 0 Å². The van der Waals surface area contributed by atoms with Crippen LogP contribution >= 0.6 is 11.8 Å². The van der Waals surface area contributed by atoms with Gasteiger partial charge in [0.25, 0.3) is 11.6 Å². The van der Waals surface area contributed by atoms with Gasteiger partial charge in [0.2, 0.25) is 10.0 Å². The van der Waals surface area contributed by atoms with Crippen molar-refractivity contribution in [1.82, 2.24) is 5.32 Å². The highest BCUT2D eigenvalue weighted by atomic mass is 32.2. The number of nitro benzene ring substituents is 1. The fourth-order valence-electron chi connectivity index (χ4n) is 1.45. The number of nitro groups is 1. The van der Waals surface area contributed by atoms with E-state index in [-0.39, 0.29) is 33.6 Å². The standard InChI is InChI=1S/C11H15N3O5S2/c1-2-13-11(15)8-3-4-9(14(16)17)10(7-8)20-5-6-21(12,18)19/h3-4,7H,2,5-6H2,1H3,(H,13,15)(H2,12,18,19). The number of thioether (sulfide) groups is 1. The third-order valence-corrected chi connectivity index (χ3v) is 4.46. The number of hydrogen-bond donors (Lipinski definition) is 2. The molecule has 0 aliphatic heterocycles. The Labute approximate surface area is 126 Å². The predicted octanol–water partition coefficient (Wildman–Crippen LogP) is 0.725. The van der Waals surface area contributed by atoms with Crippen molar-refractivity contribution < 1.29 is 18.1 Å². The quantitative estimate of drug-likeness (QED) is 0.429. The van der Waals surface area contributed by atoms with Gasteiger partial charge in [-0.2, -0.15) is 0 Å². The molecule has 0 atom stereocenters. The molecule has 116 valence electrons. The Morgan fingerprint density at radius 2 is 2.14 bits per heavy atom. The normalized spacial score (nSPS) is 11.1. The molecule has 0 saturated carbocycles. The Bertz CT molecular complexity index is 645. The molecule has 8 nitrogen and oxygen atoms in total. The van der Waals surface area contributed by atoms with E-state index in [0.29, 0.717) is 6.54 Å². The van der Waals surface area contributed by atoms with Crippen molar-refractivity contribution in [2.45, 2.75) is 11.8 Å². The molecular weight excluding hydrogens is 318 g/mol. The molecule has 3 N–H and O–H groups in total. The molecule has 0 aliphatic rings. The van der Waals surface area contributed by atoms with Crippen LogP contribution in [-0.4, -0.2) is 37.3 Å². The summed E-state index contributed by atoms with van der Waals surface area (Å²) in [5.74, 6) is -0.584. The highest BCUT2D eigenvalue weighted by molar-refractivity contribution is 8.00. The van der Waals surface area contributed by atoms with E-state index in [1.54, 1.807) is 6.92 Å². The molecule has 21 heavy (non-hydrogen) atoms. The fourth-order valence-corrected chi connectivity index (χ4v) is 3.44. The van der Waals surface area contributed by atoms with Gasteiger partial charge in [-0.15, -0.1) is 11.8 Å². The van der Waals surface area contributed by atoms with Crippen LogP contribution in [0.25, 0.3) is 0 Å². The molecule has 0 aromatic heterocycles. The molecule has 1 amide bonds. The van der Waals surface area contributed by atoms with Crippen LogP contribution < -0.4 is 10.5 Å². The zero-order valence-electron chi connectivity index (χ0n) is 11.2. The number of primary sulfonamides is 1. The van der Waals surface area contributed by atoms with Crippen LogP contribution in [0.15, 0.2) is 23.1 Å². The summed E-state index contributed by atoms with van der Waals surface area (Å²) in [5.41, 5.74) is 0.100. The average Bonchev–Trinajstić information content (AvgIpc) is 2.37. The molecule has 0 unspecified atom stereocenters. The number of nitrogens with zero attached hydrogens (tertiary/aromatic N) is 1. The maximum atomic E-state index is 11.7. The minimum Gasteiger partial charge on any atom is -0.352 e. The van der Waals surface area contributed by atoms with E-state index < -0.39 is 14.9 Å². The monoisotopic (exact) mass is 333 g/mol. The summed E-state index contributed by atoms with van der Waals surface area (Å²) in [6.45, 7) is 2.19. The minimum atomic E-state index is -3.63. The van der Waals surface area contributed by atoms with E-state index in [4.69, 9.17) is 5.14 Å². The topological polar surface area (TPSA) is 132 Å². The number of rotatable bonds is 7. The lowest BCUT2D eigenvalue weighted by molar-refractivity contribution is -0.387. The third kappa shape index (κ3) is 5.69. The molecule has 0 heterocycles. The third-order valence-electron chi connectivity index (χ3n) is 2.38. The Hall–Kier alpha value is -1.65. The van der Waals surface area contributed by atoms with Crippen LogP contribution in [0.3, 0.4) is 0 Å². The first-order valence-corrected chi connectivity index (χ1v) is 8.64. The van der Waals surface area contributed by atoms with Crippen LogP contribution in [0.4, 0.5) is 5.69 Å². The number of nitrogens with one attached hydrogen (secondary N) is 1. The maximum absolute atomic E-state index is 11.7. The van der Waals surface area contributed by atoms with Gasteiger partial charge in [0.15, 0.2) is 0 Å². The van der Waals surface area contributed by atoms with Gasteiger partial charge in [-0.25, -0.2) is 13.6 Å².